The first-order valence-corrected chi connectivity index (χ1v) is 4.78. The number of nitrogens with one attached hydrogen (secondary N) is 1. The number of methoxy groups -OCH3 is 1. The molecule has 0 spiro atoms. The van der Waals surface area contributed by atoms with Crippen LogP contribution < -0.4 is 5.32 Å². The third-order valence-corrected chi connectivity index (χ3v) is 1.82. The summed E-state index contributed by atoms with van der Waals surface area (Å²) in [5.74, 6) is -2.83. The summed E-state index contributed by atoms with van der Waals surface area (Å²) < 4.78 is 48.8. The Kier molecular flexibility index (Phi) is 4.40. The van der Waals surface area contributed by atoms with Gasteiger partial charge in [-0.25, -0.2) is 9.59 Å². The fourth-order valence-corrected chi connectivity index (χ4v) is 1.12. The van der Waals surface area contributed by atoms with Gasteiger partial charge in [-0.1, -0.05) is 0 Å². The molecule has 0 aromatic heterocycles. The minimum absolute atomic E-state index is 0.183. The lowest BCUT2D eigenvalue weighted by molar-refractivity contribution is -0.184. The molecule has 1 fully saturated rings. The van der Waals surface area contributed by atoms with Gasteiger partial charge < -0.3 is 19.5 Å². The predicted octanol–water partition coefficient (Wildman–Crippen LogP) is 0.0963. The fraction of sp³-hybridized carbons (Fsp3) is 0.556. The summed E-state index contributed by atoms with van der Waals surface area (Å²) in [6.45, 7) is -1.29. The van der Waals surface area contributed by atoms with Crippen LogP contribution in [0.25, 0.3) is 0 Å². The molecule has 102 valence electrons. The monoisotopic (exact) mass is 269 g/mol. The quantitative estimate of drug-likeness (QED) is 0.339. The maximum absolute atomic E-state index is 11.9. The topological polar surface area (TPSA) is 73.9 Å². The van der Waals surface area contributed by atoms with E-state index >= 15 is 0 Å². The number of hydrogen-bond donors (Lipinski definition) is 1. The van der Waals surface area contributed by atoms with Crippen molar-refractivity contribution >= 4 is 11.9 Å². The number of ether oxygens (including phenoxy) is 3. The predicted molar refractivity (Wildman–Crippen MR) is 50.0 cm³/mol. The first-order valence-electron chi connectivity index (χ1n) is 4.78. The van der Waals surface area contributed by atoms with Crippen molar-refractivity contribution in [2.45, 2.75) is 6.18 Å². The zero-order valence-corrected chi connectivity index (χ0v) is 9.30. The molecule has 0 radical (unpaired) electrons. The zero-order valence-electron chi connectivity index (χ0n) is 9.30. The van der Waals surface area contributed by atoms with E-state index < -0.39 is 30.3 Å². The average molecular weight is 269 g/mol. The molecule has 1 aliphatic rings. The van der Waals surface area contributed by atoms with Gasteiger partial charge in [0.25, 0.3) is 0 Å². The molecule has 0 atom stereocenters. The van der Waals surface area contributed by atoms with Crippen LogP contribution in [0.3, 0.4) is 0 Å². The largest absolute Gasteiger partial charge is 0.477 e. The Hall–Kier alpha value is -1.93. The molecule has 0 bridgehead atoms. The second kappa shape index (κ2) is 5.61. The number of carbonyl (C=O) groups excluding carboxylic acids is 2. The maximum Gasteiger partial charge on any atom is 0.422 e. The summed E-state index contributed by atoms with van der Waals surface area (Å²) in [5.41, 5.74) is -0.723. The lowest BCUT2D eigenvalue weighted by Crippen LogP contribution is -2.27. The van der Waals surface area contributed by atoms with Crippen molar-refractivity contribution in [2.75, 3.05) is 26.9 Å². The van der Waals surface area contributed by atoms with Gasteiger partial charge in [0.15, 0.2) is 6.61 Å². The Balaban J connectivity index is 2.81. The molecule has 0 aromatic rings. The van der Waals surface area contributed by atoms with Gasteiger partial charge in [0.1, 0.15) is 6.61 Å². The molecule has 1 N–H and O–H groups in total. The van der Waals surface area contributed by atoms with Crippen molar-refractivity contribution in [3.05, 3.63) is 11.5 Å². The van der Waals surface area contributed by atoms with Crippen LogP contribution in [0.2, 0.25) is 0 Å². The van der Waals surface area contributed by atoms with Gasteiger partial charge >= 0.3 is 18.1 Å². The Bertz CT molecular complexity index is 369. The van der Waals surface area contributed by atoms with Crippen molar-refractivity contribution in [3.8, 4) is 0 Å². The van der Waals surface area contributed by atoms with Crippen LogP contribution in [0.4, 0.5) is 13.2 Å². The first kappa shape index (κ1) is 14.1. The van der Waals surface area contributed by atoms with Crippen molar-refractivity contribution < 1.29 is 37.0 Å². The summed E-state index contributed by atoms with van der Waals surface area (Å²) in [7, 11) is 0.981. The van der Waals surface area contributed by atoms with Crippen LogP contribution in [0, 0.1) is 0 Å². The fourth-order valence-electron chi connectivity index (χ4n) is 1.12. The molecule has 1 aliphatic heterocycles. The van der Waals surface area contributed by atoms with Crippen molar-refractivity contribution in [1.82, 2.24) is 5.32 Å². The summed E-state index contributed by atoms with van der Waals surface area (Å²) >= 11 is 0. The summed E-state index contributed by atoms with van der Waals surface area (Å²) in [6.07, 6.45) is -4.68. The molecular weight excluding hydrogens is 259 g/mol. The lowest BCUT2D eigenvalue weighted by atomic mass is 10.3. The first-order chi connectivity index (χ1) is 8.35. The highest BCUT2D eigenvalue weighted by Crippen LogP contribution is 2.17. The van der Waals surface area contributed by atoms with Crippen LogP contribution in [0.1, 0.15) is 0 Å². The van der Waals surface area contributed by atoms with E-state index in [1.165, 1.54) is 0 Å². The van der Waals surface area contributed by atoms with Crippen LogP contribution in [-0.2, 0) is 23.8 Å². The minimum Gasteiger partial charge on any atom is -0.477 e. The summed E-state index contributed by atoms with van der Waals surface area (Å²) in [5, 5.41) is 2.52. The molecule has 18 heavy (non-hydrogen) atoms. The second-order valence-electron chi connectivity index (χ2n) is 3.16. The molecule has 0 amide bonds. The standard InChI is InChI=1S/C9H10F3NO5/c1-16-7(14)5(6-13-2-3-17-6)8(15)18-4-9(10,11)12/h13H,2-4H2,1H3/b6-5-. The molecule has 1 heterocycles. The maximum atomic E-state index is 11.9. The molecule has 1 saturated heterocycles. The minimum atomic E-state index is -4.68. The molecule has 0 unspecified atom stereocenters. The zero-order chi connectivity index (χ0) is 13.8. The second-order valence-corrected chi connectivity index (χ2v) is 3.16. The SMILES string of the molecule is COC(=O)/C(C(=O)OCC(F)(F)F)=C1\NCCO1. The number of esters is 2. The van der Waals surface area contributed by atoms with Crippen molar-refractivity contribution in [1.29, 1.82) is 0 Å². The summed E-state index contributed by atoms with van der Waals surface area (Å²) in [6, 6.07) is 0. The number of hydrogen-bond acceptors (Lipinski definition) is 6. The van der Waals surface area contributed by atoms with Gasteiger partial charge in [-0.3, -0.25) is 0 Å². The van der Waals surface area contributed by atoms with E-state index in [2.05, 4.69) is 14.8 Å². The van der Waals surface area contributed by atoms with E-state index in [1.807, 2.05) is 0 Å². The normalized spacial score (nSPS) is 17.6. The van der Waals surface area contributed by atoms with Crippen LogP contribution in [0.5, 0.6) is 0 Å². The number of alkyl halides is 3. The molecule has 0 aromatic carbocycles. The average Bonchev–Trinajstić information content (AvgIpc) is 2.79. The van der Waals surface area contributed by atoms with Gasteiger partial charge in [-0.15, -0.1) is 0 Å². The van der Waals surface area contributed by atoms with Gasteiger partial charge in [0, 0.05) is 0 Å². The highest BCUT2D eigenvalue weighted by molar-refractivity contribution is 6.14. The van der Waals surface area contributed by atoms with Gasteiger partial charge in [0.2, 0.25) is 11.5 Å². The van der Waals surface area contributed by atoms with Crippen LogP contribution in [0.15, 0.2) is 11.5 Å². The van der Waals surface area contributed by atoms with Crippen molar-refractivity contribution in [3.63, 3.8) is 0 Å². The van der Waals surface area contributed by atoms with Crippen LogP contribution in [-0.4, -0.2) is 45.0 Å². The highest BCUT2D eigenvalue weighted by atomic mass is 19.4. The Labute approximate surface area is 99.7 Å². The lowest BCUT2D eigenvalue weighted by Gasteiger charge is -2.10. The molecular formula is C9H10F3NO5. The molecule has 1 rings (SSSR count). The smallest absolute Gasteiger partial charge is 0.422 e. The van der Waals surface area contributed by atoms with E-state index in [4.69, 9.17) is 4.74 Å². The number of halogens is 3. The number of carbonyl (C=O) groups is 2. The van der Waals surface area contributed by atoms with Gasteiger partial charge in [-0.2, -0.15) is 13.2 Å². The van der Waals surface area contributed by atoms with E-state index in [1.54, 1.807) is 0 Å². The van der Waals surface area contributed by atoms with E-state index in [0.29, 0.717) is 6.54 Å². The third kappa shape index (κ3) is 3.82. The third-order valence-electron chi connectivity index (χ3n) is 1.82. The molecule has 9 heteroatoms. The Morgan fingerprint density at radius 2 is 2.06 bits per heavy atom. The Morgan fingerprint density at radius 1 is 1.39 bits per heavy atom. The van der Waals surface area contributed by atoms with Gasteiger partial charge in [-0.05, 0) is 0 Å². The summed E-state index contributed by atoms with van der Waals surface area (Å²) in [4.78, 5) is 22.7. The van der Waals surface area contributed by atoms with E-state index in [0.717, 1.165) is 7.11 Å². The number of rotatable bonds is 3. The van der Waals surface area contributed by atoms with Gasteiger partial charge in [0.05, 0.1) is 13.7 Å². The van der Waals surface area contributed by atoms with E-state index in [-0.39, 0.29) is 12.5 Å². The molecule has 6 nitrogen and oxygen atoms in total. The van der Waals surface area contributed by atoms with Crippen molar-refractivity contribution in [2.24, 2.45) is 0 Å². The van der Waals surface area contributed by atoms with Crippen LogP contribution >= 0.6 is 0 Å². The van der Waals surface area contributed by atoms with E-state index in [9.17, 15) is 22.8 Å². The molecule has 0 saturated carbocycles. The molecule has 0 aliphatic carbocycles. The Morgan fingerprint density at radius 3 is 2.50 bits per heavy atom. The highest BCUT2D eigenvalue weighted by Gasteiger charge is 2.34.